The van der Waals surface area contributed by atoms with E-state index in [9.17, 15) is 18.8 Å². The SMILES string of the molecule is CCOC(=O)C1CCN(C(=O)[C@H]2COC3(CCC(C)CC3)N2C(=O)c2ccccc2F)CC1. The van der Waals surface area contributed by atoms with Crippen LogP contribution in [0.1, 0.15) is 62.7 Å². The minimum Gasteiger partial charge on any atom is -0.466 e. The molecule has 2 heterocycles. The number of likely N-dealkylation sites (tertiary alicyclic amines) is 1. The summed E-state index contributed by atoms with van der Waals surface area (Å²) < 4.78 is 25.9. The fourth-order valence-corrected chi connectivity index (χ4v) is 5.34. The Kier molecular flexibility index (Phi) is 7.02. The van der Waals surface area contributed by atoms with Crippen LogP contribution in [0.3, 0.4) is 0 Å². The average molecular weight is 461 g/mol. The third-order valence-electron chi connectivity index (χ3n) is 7.35. The van der Waals surface area contributed by atoms with E-state index in [4.69, 9.17) is 9.47 Å². The zero-order chi connectivity index (χ0) is 23.6. The summed E-state index contributed by atoms with van der Waals surface area (Å²) in [6.45, 7) is 5.23. The van der Waals surface area contributed by atoms with Gasteiger partial charge in [-0.05, 0) is 63.5 Å². The molecule has 0 N–H and O–H groups in total. The molecular weight excluding hydrogens is 427 g/mol. The number of hydrogen-bond acceptors (Lipinski definition) is 5. The summed E-state index contributed by atoms with van der Waals surface area (Å²) >= 11 is 0. The van der Waals surface area contributed by atoms with Crippen molar-refractivity contribution in [2.75, 3.05) is 26.3 Å². The predicted molar refractivity (Wildman–Crippen MR) is 119 cm³/mol. The number of esters is 1. The molecule has 0 unspecified atom stereocenters. The lowest BCUT2D eigenvalue weighted by Gasteiger charge is -2.43. The van der Waals surface area contributed by atoms with Gasteiger partial charge in [-0.2, -0.15) is 0 Å². The number of piperidine rings is 1. The molecule has 2 aliphatic heterocycles. The number of nitrogens with zero attached hydrogens (tertiary/aromatic N) is 2. The van der Waals surface area contributed by atoms with Gasteiger partial charge in [0.1, 0.15) is 17.6 Å². The molecule has 1 atom stereocenters. The normalized spacial score (nSPS) is 28.2. The smallest absolute Gasteiger partial charge is 0.309 e. The Balaban J connectivity index is 1.55. The van der Waals surface area contributed by atoms with Gasteiger partial charge >= 0.3 is 5.97 Å². The molecular formula is C25H33FN2O5. The molecule has 33 heavy (non-hydrogen) atoms. The van der Waals surface area contributed by atoms with E-state index in [-0.39, 0.29) is 30.0 Å². The van der Waals surface area contributed by atoms with Crippen LogP contribution in [0.25, 0.3) is 0 Å². The van der Waals surface area contributed by atoms with Gasteiger partial charge in [-0.15, -0.1) is 0 Å². The van der Waals surface area contributed by atoms with Gasteiger partial charge in [0, 0.05) is 13.1 Å². The Morgan fingerprint density at radius 3 is 2.42 bits per heavy atom. The molecule has 7 nitrogen and oxygen atoms in total. The molecule has 4 rings (SSSR count). The highest BCUT2D eigenvalue weighted by molar-refractivity contribution is 5.98. The van der Waals surface area contributed by atoms with Crippen molar-refractivity contribution in [1.82, 2.24) is 9.80 Å². The van der Waals surface area contributed by atoms with E-state index in [1.165, 1.54) is 17.0 Å². The van der Waals surface area contributed by atoms with Gasteiger partial charge in [-0.1, -0.05) is 19.1 Å². The lowest BCUT2D eigenvalue weighted by Crippen LogP contribution is -2.58. The van der Waals surface area contributed by atoms with Crippen molar-refractivity contribution in [1.29, 1.82) is 0 Å². The van der Waals surface area contributed by atoms with Crippen LogP contribution in [-0.2, 0) is 19.1 Å². The van der Waals surface area contributed by atoms with E-state index in [0.717, 1.165) is 12.8 Å². The maximum Gasteiger partial charge on any atom is 0.309 e. The fourth-order valence-electron chi connectivity index (χ4n) is 5.34. The lowest BCUT2D eigenvalue weighted by atomic mass is 9.83. The van der Waals surface area contributed by atoms with Crippen LogP contribution in [0.2, 0.25) is 0 Å². The number of ether oxygens (including phenoxy) is 2. The lowest BCUT2D eigenvalue weighted by molar-refractivity contribution is -0.152. The van der Waals surface area contributed by atoms with Crippen LogP contribution >= 0.6 is 0 Å². The third-order valence-corrected chi connectivity index (χ3v) is 7.35. The number of amides is 2. The minimum absolute atomic E-state index is 0.0418. The molecule has 1 aliphatic carbocycles. The molecule has 0 aromatic heterocycles. The Bertz CT molecular complexity index is 891. The summed E-state index contributed by atoms with van der Waals surface area (Å²) in [5, 5.41) is 0. The van der Waals surface area contributed by atoms with Crippen LogP contribution in [0.15, 0.2) is 24.3 Å². The highest BCUT2D eigenvalue weighted by atomic mass is 19.1. The minimum atomic E-state index is -0.880. The number of rotatable bonds is 4. The van der Waals surface area contributed by atoms with E-state index in [0.29, 0.717) is 51.3 Å². The molecule has 1 aromatic carbocycles. The molecule has 8 heteroatoms. The summed E-state index contributed by atoms with van der Waals surface area (Å²) in [5.41, 5.74) is -0.921. The predicted octanol–water partition coefficient (Wildman–Crippen LogP) is 3.37. The molecule has 0 radical (unpaired) electrons. The zero-order valence-electron chi connectivity index (χ0n) is 19.4. The molecule has 1 aromatic rings. The van der Waals surface area contributed by atoms with Gasteiger partial charge in [-0.25, -0.2) is 4.39 Å². The summed E-state index contributed by atoms with van der Waals surface area (Å²) in [7, 11) is 0. The first kappa shape index (κ1) is 23.7. The molecule has 2 amide bonds. The maximum atomic E-state index is 14.5. The average Bonchev–Trinajstić information content (AvgIpc) is 3.19. The molecule has 3 aliphatic rings. The van der Waals surface area contributed by atoms with E-state index in [1.54, 1.807) is 24.0 Å². The number of hydrogen-bond donors (Lipinski definition) is 0. The quantitative estimate of drug-likeness (QED) is 0.644. The second-order valence-corrected chi connectivity index (χ2v) is 9.46. The Morgan fingerprint density at radius 2 is 1.79 bits per heavy atom. The maximum absolute atomic E-state index is 14.5. The number of halogens is 1. The van der Waals surface area contributed by atoms with Crippen LogP contribution < -0.4 is 0 Å². The molecule has 3 fully saturated rings. The molecule has 1 spiro atoms. The zero-order valence-corrected chi connectivity index (χ0v) is 19.4. The molecule has 1 saturated carbocycles. The second kappa shape index (κ2) is 9.79. The van der Waals surface area contributed by atoms with Gasteiger partial charge in [-0.3, -0.25) is 19.3 Å². The van der Waals surface area contributed by atoms with E-state index in [2.05, 4.69) is 6.92 Å². The van der Waals surface area contributed by atoms with Crippen LogP contribution in [-0.4, -0.2) is 65.7 Å². The summed E-state index contributed by atoms with van der Waals surface area (Å²) in [6, 6.07) is 5.09. The highest BCUT2D eigenvalue weighted by Gasteiger charge is 2.54. The van der Waals surface area contributed by atoms with Crippen molar-refractivity contribution in [2.24, 2.45) is 11.8 Å². The number of carbonyl (C=O) groups excluding carboxylic acids is 3. The highest BCUT2D eigenvalue weighted by Crippen LogP contribution is 2.43. The van der Waals surface area contributed by atoms with Gasteiger partial charge < -0.3 is 14.4 Å². The van der Waals surface area contributed by atoms with E-state index < -0.39 is 23.5 Å². The first-order chi connectivity index (χ1) is 15.9. The van der Waals surface area contributed by atoms with Gasteiger partial charge in [0.2, 0.25) is 5.91 Å². The molecule has 180 valence electrons. The van der Waals surface area contributed by atoms with Gasteiger partial charge in [0.25, 0.3) is 5.91 Å². The summed E-state index contributed by atoms with van der Waals surface area (Å²) in [6.07, 6.45) is 4.08. The third kappa shape index (κ3) is 4.63. The fraction of sp³-hybridized carbons (Fsp3) is 0.640. The molecule has 2 saturated heterocycles. The van der Waals surface area contributed by atoms with Crippen molar-refractivity contribution in [2.45, 2.75) is 64.1 Å². The summed E-state index contributed by atoms with van der Waals surface area (Å²) in [5.74, 6) is -1.22. The number of benzene rings is 1. The van der Waals surface area contributed by atoms with Crippen LogP contribution in [0.4, 0.5) is 4.39 Å². The monoisotopic (exact) mass is 460 g/mol. The number of carbonyl (C=O) groups is 3. The van der Waals surface area contributed by atoms with Crippen molar-refractivity contribution < 1.29 is 28.2 Å². The first-order valence-corrected chi connectivity index (χ1v) is 12.0. The standard InChI is InChI=1S/C25H33FN2O5/c1-3-32-24(31)18-10-14-27(15-11-18)23(30)21-16-33-25(12-8-17(2)9-13-25)28(21)22(29)19-6-4-5-7-20(19)26/h4-7,17-18,21H,3,8-16H2,1-2H3/t17?,21-,25?/m1/s1. The Hall–Kier alpha value is -2.48. The topological polar surface area (TPSA) is 76.2 Å². The van der Waals surface area contributed by atoms with Crippen LogP contribution in [0, 0.1) is 17.7 Å². The van der Waals surface area contributed by atoms with Crippen molar-refractivity contribution in [3.8, 4) is 0 Å². The summed E-state index contributed by atoms with van der Waals surface area (Å²) in [4.78, 5) is 42.5. The van der Waals surface area contributed by atoms with E-state index >= 15 is 0 Å². The van der Waals surface area contributed by atoms with Crippen molar-refractivity contribution in [3.05, 3.63) is 35.6 Å². The first-order valence-electron chi connectivity index (χ1n) is 12.0. The Morgan fingerprint density at radius 1 is 1.12 bits per heavy atom. The van der Waals surface area contributed by atoms with Crippen molar-refractivity contribution in [3.63, 3.8) is 0 Å². The van der Waals surface area contributed by atoms with Gasteiger partial charge in [0.05, 0.1) is 24.7 Å². The molecule has 0 bridgehead atoms. The van der Waals surface area contributed by atoms with Crippen LogP contribution in [0.5, 0.6) is 0 Å². The van der Waals surface area contributed by atoms with Crippen molar-refractivity contribution >= 4 is 17.8 Å². The van der Waals surface area contributed by atoms with E-state index in [1.807, 2.05) is 0 Å². The Labute approximate surface area is 194 Å². The van der Waals surface area contributed by atoms with Gasteiger partial charge in [0.15, 0.2) is 0 Å². The second-order valence-electron chi connectivity index (χ2n) is 9.46. The largest absolute Gasteiger partial charge is 0.466 e.